The molecule has 0 atom stereocenters. The fraction of sp³-hybridized carbons (Fsp3) is 0.692. The van der Waals surface area contributed by atoms with Crippen molar-refractivity contribution in [1.82, 2.24) is 0 Å². The lowest BCUT2D eigenvalue weighted by Gasteiger charge is -2.04. The highest BCUT2D eigenvalue weighted by Gasteiger charge is 2.05. The summed E-state index contributed by atoms with van der Waals surface area (Å²) in [6.45, 7) is 8.36. The highest BCUT2D eigenvalue weighted by atomic mass is 14.8. The van der Waals surface area contributed by atoms with Gasteiger partial charge in [0.15, 0.2) is 0 Å². The van der Waals surface area contributed by atoms with Crippen LogP contribution in [-0.4, -0.2) is 10.7 Å². The average molecular weight is 206 g/mol. The molecule has 0 N–H and O–H groups in total. The molecule has 0 radical (unpaired) electrons. The quantitative estimate of drug-likeness (QED) is 0.188. The summed E-state index contributed by atoms with van der Waals surface area (Å²) in [5.41, 5.74) is 10.6. The summed E-state index contributed by atoms with van der Waals surface area (Å²) < 4.78 is 0. The monoisotopic (exact) mass is 206 g/mol. The molecule has 2 nitrogen and oxygen atoms in total. The van der Waals surface area contributed by atoms with Crippen molar-refractivity contribution in [1.29, 1.82) is 0 Å². The zero-order chi connectivity index (χ0) is 11.5. The Kier molecular flexibility index (Phi) is 8.76. The Morgan fingerprint density at radius 3 is 2.33 bits per heavy atom. The Morgan fingerprint density at radius 2 is 1.80 bits per heavy atom. The number of rotatable bonds is 8. The molecule has 0 rings (SSSR count). The van der Waals surface area contributed by atoms with Gasteiger partial charge < -0.3 is 5.53 Å². The van der Waals surface area contributed by atoms with Crippen molar-refractivity contribution < 1.29 is 4.79 Å². The first-order valence-corrected chi connectivity index (χ1v) is 5.90. The number of hydrogen-bond donors (Lipinski definition) is 0. The molecule has 2 heteroatoms. The Morgan fingerprint density at radius 1 is 1.13 bits per heavy atom. The van der Waals surface area contributed by atoms with Gasteiger partial charge in [-0.05, 0) is 31.3 Å². The Balaban J connectivity index is 4.19. The Hall–Kier alpha value is -1.10. The van der Waals surface area contributed by atoms with Crippen molar-refractivity contribution in [3.8, 4) is 0 Å². The number of unbranched alkanes of at least 4 members (excludes halogenated alkanes) is 3. The summed E-state index contributed by atoms with van der Waals surface area (Å²) in [7, 11) is 0. The van der Waals surface area contributed by atoms with Crippen molar-refractivity contribution in [2.75, 3.05) is 0 Å². The van der Waals surface area contributed by atoms with Crippen LogP contribution in [0, 0.1) is 0 Å². The second kappa shape index (κ2) is 9.45. The molecule has 0 amide bonds. The molecule has 0 fully saturated rings. The number of nitrogens with zero attached hydrogens (tertiary/aromatic N) is 2. The van der Waals surface area contributed by atoms with E-state index in [1.54, 1.807) is 0 Å². The van der Waals surface area contributed by atoms with Crippen molar-refractivity contribution in [2.45, 2.75) is 58.8 Å². The second-order valence-corrected chi connectivity index (χ2v) is 3.85. The maximum atomic E-state index is 8.51. The molecule has 0 aliphatic rings. The number of allylic oxidation sites excluding steroid dienone is 2. The van der Waals surface area contributed by atoms with E-state index in [9.17, 15) is 0 Å². The fourth-order valence-corrected chi connectivity index (χ4v) is 1.46. The van der Waals surface area contributed by atoms with Crippen LogP contribution in [0.3, 0.4) is 0 Å². The molecule has 0 aromatic rings. The first-order valence-electron chi connectivity index (χ1n) is 5.90. The summed E-state index contributed by atoms with van der Waals surface area (Å²) in [5.74, 6) is 2.64. The van der Waals surface area contributed by atoms with Crippen LogP contribution < -0.4 is 0 Å². The molecular weight excluding hydrogens is 184 g/mol. The highest BCUT2D eigenvalue weighted by molar-refractivity contribution is 5.59. The first kappa shape index (κ1) is 13.9. The minimum Gasteiger partial charge on any atom is -0.348 e. The van der Waals surface area contributed by atoms with Gasteiger partial charge in [0.1, 0.15) is 0 Å². The minimum absolute atomic E-state index is 0.922. The summed E-state index contributed by atoms with van der Waals surface area (Å²) in [4.78, 5) is 2.99. The molecule has 0 aromatic carbocycles. The molecule has 0 bridgehead atoms. The molecule has 0 aliphatic carbocycles. The van der Waals surface area contributed by atoms with Gasteiger partial charge in [-0.25, -0.2) is 0 Å². The van der Waals surface area contributed by atoms with Gasteiger partial charge in [0.05, 0.1) is 5.57 Å². The van der Waals surface area contributed by atoms with E-state index in [-0.39, 0.29) is 0 Å². The topological polar surface area (TPSA) is 36.4 Å². The van der Waals surface area contributed by atoms with E-state index in [0.29, 0.717) is 0 Å². The van der Waals surface area contributed by atoms with Gasteiger partial charge in [-0.15, -0.1) is 4.79 Å². The zero-order valence-electron chi connectivity index (χ0n) is 10.1. The van der Waals surface area contributed by atoms with E-state index < -0.39 is 0 Å². The number of hydrogen-bond acceptors (Lipinski definition) is 0. The maximum Gasteiger partial charge on any atom is 0.303 e. The summed E-state index contributed by atoms with van der Waals surface area (Å²) in [6.07, 6.45) is 7.77. The van der Waals surface area contributed by atoms with Crippen LogP contribution in [-0.2, 0) is 0 Å². The summed E-state index contributed by atoms with van der Waals surface area (Å²) in [5, 5.41) is 0. The molecule has 0 saturated carbocycles. The third-order valence-corrected chi connectivity index (χ3v) is 2.47. The van der Waals surface area contributed by atoms with Crippen LogP contribution in [0.1, 0.15) is 58.8 Å². The predicted octanol–water partition coefficient (Wildman–Crippen LogP) is 4.14. The van der Waals surface area contributed by atoms with Gasteiger partial charge in [-0.1, -0.05) is 39.7 Å². The molecule has 0 unspecified atom stereocenters. The van der Waals surface area contributed by atoms with Crippen LogP contribution in [0.2, 0.25) is 0 Å². The van der Waals surface area contributed by atoms with Crippen LogP contribution in [0.4, 0.5) is 0 Å². The van der Waals surface area contributed by atoms with Gasteiger partial charge >= 0.3 is 5.87 Å². The molecule has 0 aromatic heterocycles. The van der Waals surface area contributed by atoms with E-state index in [4.69, 9.17) is 5.53 Å². The largest absolute Gasteiger partial charge is 0.348 e. The Labute approximate surface area is 93.3 Å². The van der Waals surface area contributed by atoms with Gasteiger partial charge in [0.2, 0.25) is 0 Å². The van der Waals surface area contributed by atoms with Gasteiger partial charge in [0, 0.05) is 0 Å². The normalized spacial score (nSPS) is 9.20. The maximum absolute atomic E-state index is 8.51. The van der Waals surface area contributed by atoms with E-state index in [1.807, 2.05) is 0 Å². The average Bonchev–Trinajstić information content (AvgIpc) is 2.24. The lowest BCUT2D eigenvalue weighted by molar-refractivity contribution is 0.00740. The Bertz CT molecular complexity index is 266. The molecule has 0 heterocycles. The third-order valence-electron chi connectivity index (χ3n) is 2.47. The lowest BCUT2D eigenvalue weighted by Crippen LogP contribution is -1.91. The standard InChI is InChI=1S/C13H22N2/c1-4-6-8-9-12(3)13(11-15-14)10-7-5-2/h3-10H2,1-2H3. The van der Waals surface area contributed by atoms with Gasteiger partial charge in [0.25, 0.3) is 0 Å². The fourth-order valence-electron chi connectivity index (χ4n) is 1.46. The first-order chi connectivity index (χ1) is 7.26. The van der Waals surface area contributed by atoms with Gasteiger partial charge in [-0.3, -0.25) is 0 Å². The smallest absolute Gasteiger partial charge is 0.303 e. The SMILES string of the molecule is C=C(CCCCC)C(=C=[N+]=[N-])CCCC. The van der Waals surface area contributed by atoms with Crippen molar-refractivity contribution in [3.63, 3.8) is 0 Å². The van der Waals surface area contributed by atoms with Gasteiger partial charge in [-0.2, -0.15) is 0 Å². The van der Waals surface area contributed by atoms with Crippen LogP contribution >= 0.6 is 0 Å². The summed E-state index contributed by atoms with van der Waals surface area (Å²) in [6, 6.07) is 0. The predicted molar refractivity (Wildman–Crippen MR) is 64.9 cm³/mol. The van der Waals surface area contributed by atoms with Crippen LogP contribution in [0.5, 0.6) is 0 Å². The molecular formula is C13H22N2. The highest BCUT2D eigenvalue weighted by Crippen LogP contribution is 2.18. The van der Waals surface area contributed by atoms with E-state index in [1.165, 1.54) is 12.8 Å². The van der Waals surface area contributed by atoms with Crippen molar-refractivity contribution in [2.24, 2.45) is 0 Å². The molecule has 0 saturated heterocycles. The molecule has 15 heavy (non-hydrogen) atoms. The second-order valence-electron chi connectivity index (χ2n) is 3.85. The van der Waals surface area contributed by atoms with Crippen molar-refractivity contribution >= 4 is 5.87 Å². The third kappa shape index (κ3) is 6.90. The summed E-state index contributed by atoms with van der Waals surface area (Å²) >= 11 is 0. The van der Waals surface area contributed by atoms with Crippen molar-refractivity contribution in [3.05, 3.63) is 23.3 Å². The van der Waals surface area contributed by atoms with E-state index in [2.05, 4.69) is 31.1 Å². The van der Waals surface area contributed by atoms with E-state index in [0.717, 1.165) is 43.3 Å². The molecule has 84 valence electrons. The molecule has 0 spiro atoms. The minimum atomic E-state index is 0.922. The lowest BCUT2D eigenvalue weighted by atomic mass is 9.98. The van der Waals surface area contributed by atoms with Crippen LogP contribution in [0.15, 0.2) is 17.7 Å². The van der Waals surface area contributed by atoms with E-state index >= 15 is 0 Å². The molecule has 0 aliphatic heterocycles. The van der Waals surface area contributed by atoms with Crippen LogP contribution in [0.25, 0.3) is 5.53 Å². The zero-order valence-corrected chi connectivity index (χ0v) is 10.1.